The number of phenols is 1. The van der Waals surface area contributed by atoms with E-state index in [1.807, 2.05) is 49.4 Å². The number of carbonyl (C=O) groups excluding carboxylic acids is 1. The second kappa shape index (κ2) is 8.78. The lowest BCUT2D eigenvalue weighted by molar-refractivity contribution is -0.141. The quantitative estimate of drug-likeness (QED) is 0.545. The summed E-state index contributed by atoms with van der Waals surface area (Å²) >= 11 is 0. The number of nitrogens with one attached hydrogen (secondary N) is 1. The fourth-order valence-electron chi connectivity index (χ4n) is 3.47. The van der Waals surface area contributed by atoms with Crippen LogP contribution in [0.1, 0.15) is 47.8 Å². The third-order valence-electron chi connectivity index (χ3n) is 5.24. The van der Waals surface area contributed by atoms with Crippen LogP contribution in [0, 0.1) is 5.92 Å². The van der Waals surface area contributed by atoms with Crippen LogP contribution < -0.4 is 5.32 Å². The maximum atomic E-state index is 13.0. The minimum atomic E-state index is -0.862. The Morgan fingerprint density at radius 3 is 2.48 bits per heavy atom. The predicted octanol–water partition coefficient (Wildman–Crippen LogP) is 4.69. The number of carbonyl (C=O) groups is 2. The molecule has 3 aromatic carbocycles. The van der Waals surface area contributed by atoms with Crippen LogP contribution in [0.25, 0.3) is 10.8 Å². The van der Waals surface area contributed by atoms with Gasteiger partial charge in [-0.05, 0) is 53.8 Å². The average molecular weight is 391 g/mol. The normalized spacial score (nSPS) is 13.0. The Balaban J connectivity index is 1.82. The number of carboxylic acids is 1. The Labute approximate surface area is 170 Å². The molecule has 0 aliphatic carbocycles. The first kappa shape index (κ1) is 20.4. The zero-order chi connectivity index (χ0) is 21.0. The molecule has 3 N–H and O–H groups in total. The number of aromatic hydroxyl groups is 1. The van der Waals surface area contributed by atoms with E-state index in [9.17, 15) is 14.7 Å². The highest BCUT2D eigenvalue weighted by atomic mass is 16.4. The topological polar surface area (TPSA) is 86.6 Å². The summed E-state index contributed by atoms with van der Waals surface area (Å²) in [7, 11) is 0. The molecule has 0 heterocycles. The molecule has 1 amide bonds. The fraction of sp³-hybridized carbons (Fsp3) is 0.250. The summed E-state index contributed by atoms with van der Waals surface area (Å²) in [6.45, 7) is 3.57. The van der Waals surface area contributed by atoms with Crippen molar-refractivity contribution in [1.82, 2.24) is 5.32 Å². The summed E-state index contributed by atoms with van der Waals surface area (Å²) in [5.41, 5.74) is 2.10. The van der Waals surface area contributed by atoms with E-state index >= 15 is 0 Å². The summed E-state index contributed by atoms with van der Waals surface area (Å²) in [6.07, 6.45) is 0.860. The summed E-state index contributed by atoms with van der Waals surface area (Å²) in [5.74, 6) is -1.66. The fourth-order valence-corrected chi connectivity index (χ4v) is 3.47. The summed E-state index contributed by atoms with van der Waals surface area (Å²) < 4.78 is 0. The van der Waals surface area contributed by atoms with Crippen LogP contribution in [-0.4, -0.2) is 22.1 Å². The minimum Gasteiger partial charge on any atom is -0.508 e. The maximum absolute atomic E-state index is 13.0. The van der Waals surface area contributed by atoms with E-state index < -0.39 is 11.9 Å². The first-order valence-electron chi connectivity index (χ1n) is 9.70. The van der Waals surface area contributed by atoms with Crippen molar-refractivity contribution >= 4 is 22.6 Å². The van der Waals surface area contributed by atoms with E-state index in [-0.39, 0.29) is 17.7 Å². The van der Waals surface area contributed by atoms with Crippen molar-refractivity contribution in [2.24, 2.45) is 5.92 Å². The van der Waals surface area contributed by atoms with Gasteiger partial charge in [0.25, 0.3) is 5.91 Å². The van der Waals surface area contributed by atoms with Gasteiger partial charge in [-0.25, -0.2) is 0 Å². The van der Waals surface area contributed by atoms with Crippen LogP contribution >= 0.6 is 0 Å². The highest BCUT2D eigenvalue weighted by Crippen LogP contribution is 2.25. The molecule has 0 aromatic heterocycles. The lowest BCUT2D eigenvalue weighted by Crippen LogP contribution is -2.27. The number of hydrogen-bond acceptors (Lipinski definition) is 3. The molecule has 5 nitrogen and oxygen atoms in total. The number of rotatable bonds is 7. The smallest absolute Gasteiger partial charge is 0.306 e. The molecule has 0 fully saturated rings. The number of phenolic OH excluding ortho intramolecular Hbond substituents is 1. The standard InChI is InChI=1S/C24H25NO4/c1-15(24(28)29)10-11-18-12-13-19(26)14-22(18)23(27)25-16(2)20-9-5-7-17-6-3-4-8-21(17)20/h3-9,12-16,26H,10-11H2,1-2H3,(H,25,27)(H,28,29)/t15?,16-/m1/s1. The van der Waals surface area contributed by atoms with Crippen molar-refractivity contribution in [3.05, 3.63) is 77.4 Å². The van der Waals surface area contributed by atoms with Gasteiger partial charge >= 0.3 is 5.97 Å². The molecule has 5 heteroatoms. The lowest BCUT2D eigenvalue weighted by Gasteiger charge is -2.18. The Bertz CT molecular complexity index is 1040. The minimum absolute atomic E-state index is 0.00278. The molecule has 0 bridgehead atoms. The van der Waals surface area contributed by atoms with E-state index in [0.717, 1.165) is 21.9 Å². The second-order valence-corrected chi connectivity index (χ2v) is 7.38. The van der Waals surface area contributed by atoms with Gasteiger partial charge in [-0.3, -0.25) is 9.59 Å². The van der Waals surface area contributed by atoms with E-state index in [1.165, 1.54) is 12.1 Å². The van der Waals surface area contributed by atoms with E-state index in [4.69, 9.17) is 5.11 Å². The molecule has 3 rings (SSSR count). The molecule has 0 saturated carbocycles. The molecular formula is C24H25NO4. The first-order chi connectivity index (χ1) is 13.9. The van der Waals surface area contributed by atoms with Crippen LogP contribution in [0.2, 0.25) is 0 Å². The number of amides is 1. The molecule has 2 atom stereocenters. The summed E-state index contributed by atoms with van der Waals surface area (Å²) in [6, 6.07) is 18.4. The second-order valence-electron chi connectivity index (χ2n) is 7.38. The summed E-state index contributed by atoms with van der Waals surface area (Å²) in [4.78, 5) is 24.1. The Morgan fingerprint density at radius 1 is 1.00 bits per heavy atom. The maximum Gasteiger partial charge on any atom is 0.306 e. The lowest BCUT2D eigenvalue weighted by atomic mass is 9.96. The monoisotopic (exact) mass is 391 g/mol. The van der Waals surface area contributed by atoms with Gasteiger partial charge < -0.3 is 15.5 Å². The highest BCUT2D eigenvalue weighted by molar-refractivity contribution is 5.97. The van der Waals surface area contributed by atoms with Crippen LogP contribution in [-0.2, 0) is 11.2 Å². The molecule has 0 aliphatic heterocycles. The molecule has 150 valence electrons. The number of benzene rings is 3. The van der Waals surface area contributed by atoms with Crippen molar-refractivity contribution in [2.75, 3.05) is 0 Å². The molecule has 0 radical (unpaired) electrons. The average Bonchev–Trinajstić information content (AvgIpc) is 2.71. The molecule has 3 aromatic rings. The van der Waals surface area contributed by atoms with Gasteiger partial charge in [-0.2, -0.15) is 0 Å². The number of aryl methyl sites for hydroxylation is 1. The van der Waals surface area contributed by atoms with Crippen LogP contribution in [0.4, 0.5) is 0 Å². The molecule has 0 saturated heterocycles. The van der Waals surface area contributed by atoms with E-state index in [2.05, 4.69) is 5.32 Å². The van der Waals surface area contributed by atoms with Crippen molar-refractivity contribution in [3.63, 3.8) is 0 Å². The van der Waals surface area contributed by atoms with Gasteiger partial charge in [0, 0.05) is 5.56 Å². The zero-order valence-corrected chi connectivity index (χ0v) is 16.6. The molecule has 29 heavy (non-hydrogen) atoms. The van der Waals surface area contributed by atoms with Crippen LogP contribution in [0.5, 0.6) is 5.75 Å². The van der Waals surface area contributed by atoms with Gasteiger partial charge in [0.05, 0.1) is 12.0 Å². The molecule has 0 aliphatic rings. The van der Waals surface area contributed by atoms with Gasteiger partial charge in [0.2, 0.25) is 0 Å². The highest BCUT2D eigenvalue weighted by Gasteiger charge is 2.18. The molecule has 1 unspecified atom stereocenters. The van der Waals surface area contributed by atoms with Gasteiger partial charge in [-0.1, -0.05) is 55.5 Å². The van der Waals surface area contributed by atoms with Crippen LogP contribution in [0.15, 0.2) is 60.7 Å². The third-order valence-corrected chi connectivity index (χ3v) is 5.24. The van der Waals surface area contributed by atoms with E-state index in [1.54, 1.807) is 13.0 Å². The first-order valence-corrected chi connectivity index (χ1v) is 9.70. The Morgan fingerprint density at radius 2 is 1.72 bits per heavy atom. The Kier molecular flexibility index (Phi) is 6.17. The van der Waals surface area contributed by atoms with Crippen molar-refractivity contribution < 1.29 is 19.8 Å². The van der Waals surface area contributed by atoms with Gasteiger partial charge in [-0.15, -0.1) is 0 Å². The Hall–Kier alpha value is -3.34. The van der Waals surface area contributed by atoms with E-state index in [0.29, 0.717) is 18.4 Å². The number of hydrogen-bond donors (Lipinski definition) is 3. The van der Waals surface area contributed by atoms with Crippen molar-refractivity contribution in [1.29, 1.82) is 0 Å². The number of fused-ring (bicyclic) bond motifs is 1. The third kappa shape index (κ3) is 4.74. The van der Waals surface area contributed by atoms with Crippen LogP contribution in [0.3, 0.4) is 0 Å². The number of aliphatic carboxylic acids is 1. The van der Waals surface area contributed by atoms with Gasteiger partial charge in [0.1, 0.15) is 5.75 Å². The zero-order valence-electron chi connectivity index (χ0n) is 16.6. The molecule has 0 spiro atoms. The van der Waals surface area contributed by atoms with Gasteiger partial charge in [0.15, 0.2) is 0 Å². The largest absolute Gasteiger partial charge is 0.508 e. The molecular weight excluding hydrogens is 366 g/mol. The SMILES string of the molecule is CC(CCc1ccc(O)cc1C(=O)N[C@H](C)c1cccc2ccccc12)C(=O)O. The number of carboxylic acid groups (broad SMARTS) is 1. The predicted molar refractivity (Wildman–Crippen MR) is 113 cm³/mol. The summed E-state index contributed by atoms with van der Waals surface area (Å²) in [5, 5.41) is 24.2. The van der Waals surface area contributed by atoms with Crippen molar-refractivity contribution in [3.8, 4) is 5.75 Å². The van der Waals surface area contributed by atoms with Crippen molar-refractivity contribution in [2.45, 2.75) is 32.7 Å².